The summed E-state index contributed by atoms with van der Waals surface area (Å²) in [7, 11) is 0. The van der Waals surface area contributed by atoms with Gasteiger partial charge in [0.2, 0.25) is 5.76 Å². The second kappa shape index (κ2) is 7.62. The molecule has 9 nitrogen and oxygen atoms in total. The van der Waals surface area contributed by atoms with E-state index < -0.39 is 23.8 Å². The van der Waals surface area contributed by atoms with Crippen molar-refractivity contribution >= 4 is 17.4 Å². The highest BCUT2D eigenvalue weighted by atomic mass is 19.1. The Morgan fingerprint density at radius 1 is 1.18 bits per heavy atom. The average molecular weight is 449 g/mol. The number of anilines is 1. The standard InChI is InChI=1S/C22H17F2N7O2/c1-11-19(20(25)32)33-12(2)31(11)14-5-6-16(23)15(8-14)21-28-22-27-9-13(10-30(22)29-21)18-17(24)4-3-7-26-18/h3-10,12H,1-2H3,(H2,25,32). The summed E-state index contributed by atoms with van der Waals surface area (Å²) in [5.74, 6) is -1.38. The Labute approximate surface area is 186 Å². The molecular formula is C22H17F2N7O2. The fourth-order valence-corrected chi connectivity index (χ4v) is 3.78. The first-order valence-electron chi connectivity index (χ1n) is 9.93. The highest BCUT2D eigenvalue weighted by Crippen LogP contribution is 2.34. The minimum absolute atomic E-state index is 0.0534. The molecule has 1 aromatic carbocycles. The number of hydrogen-bond acceptors (Lipinski definition) is 7. The molecule has 33 heavy (non-hydrogen) atoms. The lowest BCUT2D eigenvalue weighted by Crippen LogP contribution is -2.27. The van der Waals surface area contributed by atoms with E-state index in [0.717, 1.165) is 0 Å². The van der Waals surface area contributed by atoms with Crippen molar-refractivity contribution in [1.29, 1.82) is 0 Å². The van der Waals surface area contributed by atoms with Gasteiger partial charge in [-0.25, -0.2) is 18.3 Å². The first-order valence-corrected chi connectivity index (χ1v) is 9.93. The van der Waals surface area contributed by atoms with Crippen LogP contribution in [0.25, 0.3) is 28.4 Å². The van der Waals surface area contributed by atoms with Crippen LogP contribution in [0.1, 0.15) is 13.8 Å². The molecule has 0 saturated heterocycles. The Hall–Kier alpha value is -4.41. The number of benzene rings is 1. The summed E-state index contributed by atoms with van der Waals surface area (Å²) < 4.78 is 35.7. The molecule has 1 aliphatic heterocycles. The van der Waals surface area contributed by atoms with Crippen molar-refractivity contribution in [1.82, 2.24) is 24.6 Å². The van der Waals surface area contributed by atoms with Crippen LogP contribution in [0.3, 0.4) is 0 Å². The molecule has 3 aromatic heterocycles. The van der Waals surface area contributed by atoms with Crippen LogP contribution in [-0.4, -0.2) is 36.7 Å². The Balaban J connectivity index is 1.57. The van der Waals surface area contributed by atoms with Gasteiger partial charge in [-0.3, -0.25) is 9.78 Å². The van der Waals surface area contributed by atoms with Crippen LogP contribution in [0.2, 0.25) is 0 Å². The fraction of sp³-hybridized carbons (Fsp3) is 0.136. The maximum absolute atomic E-state index is 14.8. The summed E-state index contributed by atoms with van der Waals surface area (Å²) in [5.41, 5.74) is 7.09. The van der Waals surface area contributed by atoms with Crippen molar-refractivity contribution in [2.75, 3.05) is 4.90 Å². The molecule has 0 aliphatic carbocycles. The molecule has 0 spiro atoms. The number of hydrogen-bond donors (Lipinski definition) is 1. The Morgan fingerprint density at radius 3 is 2.73 bits per heavy atom. The first kappa shape index (κ1) is 20.5. The van der Waals surface area contributed by atoms with E-state index >= 15 is 0 Å². The number of halogens is 2. The van der Waals surface area contributed by atoms with E-state index in [2.05, 4.69) is 20.1 Å². The molecule has 5 rings (SSSR count). The predicted molar refractivity (Wildman–Crippen MR) is 114 cm³/mol. The zero-order valence-electron chi connectivity index (χ0n) is 17.5. The van der Waals surface area contributed by atoms with E-state index in [0.29, 0.717) is 16.9 Å². The number of allylic oxidation sites excluding steroid dienone is 1. The van der Waals surface area contributed by atoms with Crippen molar-refractivity contribution in [3.63, 3.8) is 0 Å². The number of fused-ring (bicyclic) bond motifs is 1. The van der Waals surface area contributed by atoms with Crippen LogP contribution < -0.4 is 10.6 Å². The van der Waals surface area contributed by atoms with Crippen LogP contribution in [0, 0.1) is 11.6 Å². The maximum atomic E-state index is 14.8. The van der Waals surface area contributed by atoms with Crippen molar-refractivity contribution in [2.24, 2.45) is 5.73 Å². The van der Waals surface area contributed by atoms with Gasteiger partial charge in [0.05, 0.1) is 11.3 Å². The van der Waals surface area contributed by atoms with Gasteiger partial charge in [0.15, 0.2) is 12.1 Å². The molecule has 1 aliphatic rings. The quantitative estimate of drug-likeness (QED) is 0.510. The van der Waals surface area contributed by atoms with Crippen molar-refractivity contribution < 1.29 is 18.3 Å². The topological polar surface area (TPSA) is 112 Å². The van der Waals surface area contributed by atoms with E-state index in [1.807, 2.05) is 0 Å². The minimum Gasteiger partial charge on any atom is -0.463 e. The summed E-state index contributed by atoms with van der Waals surface area (Å²) in [6.07, 6.45) is 3.90. The summed E-state index contributed by atoms with van der Waals surface area (Å²) >= 11 is 0. The number of nitrogens with two attached hydrogens (primary N) is 1. The van der Waals surface area contributed by atoms with Gasteiger partial charge in [-0.05, 0) is 44.2 Å². The number of carbonyl (C=O) groups is 1. The lowest BCUT2D eigenvalue weighted by atomic mass is 10.1. The van der Waals surface area contributed by atoms with Crippen molar-refractivity contribution in [2.45, 2.75) is 20.1 Å². The highest BCUT2D eigenvalue weighted by Gasteiger charge is 2.32. The SMILES string of the molecule is CC1=C(C(N)=O)OC(C)N1c1ccc(F)c(-c2nc3ncc(-c4ncccc4F)cn3n2)c1. The molecule has 0 radical (unpaired) electrons. The third kappa shape index (κ3) is 3.43. The van der Waals surface area contributed by atoms with E-state index in [-0.39, 0.29) is 28.6 Å². The van der Waals surface area contributed by atoms with Gasteiger partial charge in [0.1, 0.15) is 17.3 Å². The number of pyridine rings is 1. The third-order valence-corrected chi connectivity index (χ3v) is 5.26. The highest BCUT2D eigenvalue weighted by molar-refractivity contribution is 5.92. The molecule has 4 heterocycles. The van der Waals surface area contributed by atoms with Crippen LogP contribution in [0.4, 0.5) is 14.5 Å². The van der Waals surface area contributed by atoms with Crippen molar-refractivity contribution in [3.8, 4) is 22.6 Å². The zero-order chi connectivity index (χ0) is 23.3. The largest absolute Gasteiger partial charge is 0.463 e. The van der Waals surface area contributed by atoms with E-state index in [1.165, 1.54) is 41.3 Å². The number of carbonyl (C=O) groups excluding carboxylic acids is 1. The summed E-state index contributed by atoms with van der Waals surface area (Å²) in [5, 5.41) is 4.33. The second-order valence-electron chi connectivity index (χ2n) is 7.39. The first-order chi connectivity index (χ1) is 15.8. The molecular weight excluding hydrogens is 432 g/mol. The Morgan fingerprint density at radius 2 is 2.00 bits per heavy atom. The number of primary amides is 1. The molecule has 1 unspecified atom stereocenters. The molecule has 11 heteroatoms. The third-order valence-electron chi connectivity index (χ3n) is 5.26. The van der Waals surface area contributed by atoms with Crippen LogP contribution in [0.5, 0.6) is 0 Å². The van der Waals surface area contributed by atoms with E-state index in [1.54, 1.807) is 30.9 Å². The fourth-order valence-electron chi connectivity index (χ4n) is 3.78. The molecule has 0 saturated carbocycles. The zero-order valence-corrected chi connectivity index (χ0v) is 17.5. The van der Waals surface area contributed by atoms with Gasteiger partial charge in [0, 0.05) is 29.8 Å². The molecule has 166 valence electrons. The molecule has 1 amide bonds. The Kier molecular flexibility index (Phi) is 4.73. The van der Waals surface area contributed by atoms with Gasteiger partial charge in [-0.1, -0.05) is 0 Å². The molecule has 4 aromatic rings. The number of amides is 1. The normalized spacial score (nSPS) is 15.9. The van der Waals surface area contributed by atoms with Gasteiger partial charge < -0.3 is 15.4 Å². The van der Waals surface area contributed by atoms with Crippen LogP contribution >= 0.6 is 0 Å². The van der Waals surface area contributed by atoms with Crippen LogP contribution in [0.15, 0.2) is 60.4 Å². The molecule has 0 fully saturated rings. The monoisotopic (exact) mass is 449 g/mol. The van der Waals surface area contributed by atoms with Gasteiger partial charge in [0.25, 0.3) is 11.7 Å². The summed E-state index contributed by atoms with van der Waals surface area (Å²) in [6, 6.07) is 7.17. The van der Waals surface area contributed by atoms with Crippen LogP contribution in [-0.2, 0) is 9.53 Å². The van der Waals surface area contributed by atoms with Gasteiger partial charge in [-0.15, -0.1) is 5.10 Å². The molecule has 0 bridgehead atoms. The van der Waals surface area contributed by atoms with Gasteiger partial charge >= 0.3 is 0 Å². The minimum atomic E-state index is -0.683. The smallest absolute Gasteiger partial charge is 0.285 e. The summed E-state index contributed by atoms with van der Waals surface area (Å²) in [4.78, 5) is 25.9. The second-order valence-corrected chi connectivity index (χ2v) is 7.39. The predicted octanol–water partition coefficient (Wildman–Crippen LogP) is 3.03. The van der Waals surface area contributed by atoms with Gasteiger partial charge in [-0.2, -0.15) is 4.98 Å². The lowest BCUT2D eigenvalue weighted by molar-refractivity contribution is -0.118. The number of ether oxygens (including phenoxy) is 1. The number of nitrogens with zero attached hydrogens (tertiary/aromatic N) is 6. The Bertz CT molecular complexity index is 1450. The average Bonchev–Trinajstić information content (AvgIpc) is 3.34. The number of rotatable bonds is 4. The molecule has 1 atom stereocenters. The summed E-state index contributed by atoms with van der Waals surface area (Å²) in [6.45, 7) is 3.44. The maximum Gasteiger partial charge on any atom is 0.285 e. The van der Waals surface area contributed by atoms with Crippen molar-refractivity contribution in [3.05, 3.63) is 72.0 Å². The number of aromatic nitrogens is 5. The van der Waals surface area contributed by atoms with E-state index in [4.69, 9.17) is 10.5 Å². The lowest BCUT2D eigenvalue weighted by Gasteiger charge is -2.24. The molecule has 2 N–H and O–H groups in total. The van der Waals surface area contributed by atoms with E-state index in [9.17, 15) is 13.6 Å².